The summed E-state index contributed by atoms with van der Waals surface area (Å²) in [6.45, 7) is 5.37. The number of ether oxygens (including phenoxy) is 5. The maximum absolute atomic E-state index is 12.4. The van der Waals surface area contributed by atoms with Crippen molar-refractivity contribution in [3.05, 3.63) is 18.0 Å². The van der Waals surface area contributed by atoms with E-state index in [4.69, 9.17) is 23.7 Å². The van der Waals surface area contributed by atoms with Gasteiger partial charge in [-0.3, -0.25) is 14.4 Å². The Morgan fingerprint density at radius 1 is 1.24 bits per heavy atom. The SMILES string of the molecule is CCCOCCC(C)OC(=O)CNC(=O)c1nccc(OC)c1OCOC(C)=O. The van der Waals surface area contributed by atoms with Gasteiger partial charge in [0.2, 0.25) is 6.79 Å². The molecule has 29 heavy (non-hydrogen) atoms. The standard InChI is InChI=1S/C19H28N2O8/c1-5-9-26-10-7-13(2)29-16(23)11-21-19(24)17-18(28-12-27-14(3)22)15(25-4)6-8-20-17/h6,8,13H,5,7,9-12H2,1-4H3,(H,21,24). The van der Waals surface area contributed by atoms with Crippen molar-refractivity contribution in [3.63, 3.8) is 0 Å². The molecule has 1 unspecified atom stereocenters. The number of hydrogen-bond donors (Lipinski definition) is 1. The van der Waals surface area contributed by atoms with E-state index in [1.54, 1.807) is 6.92 Å². The minimum absolute atomic E-state index is 0.0106. The highest BCUT2D eigenvalue weighted by Gasteiger charge is 2.20. The number of carbonyl (C=O) groups excluding carboxylic acids is 3. The lowest BCUT2D eigenvalue weighted by Crippen LogP contribution is -2.33. The zero-order valence-corrected chi connectivity index (χ0v) is 17.2. The number of amides is 1. The number of rotatable bonds is 13. The topological polar surface area (TPSA) is 122 Å². The second-order valence-electron chi connectivity index (χ2n) is 5.97. The number of aromatic nitrogens is 1. The van der Waals surface area contributed by atoms with Crippen LogP contribution in [-0.4, -0.2) is 62.6 Å². The highest BCUT2D eigenvalue weighted by Crippen LogP contribution is 2.29. The fourth-order valence-corrected chi connectivity index (χ4v) is 2.12. The molecule has 1 aromatic heterocycles. The molecule has 0 bridgehead atoms. The van der Waals surface area contributed by atoms with E-state index >= 15 is 0 Å². The van der Waals surface area contributed by atoms with Crippen LogP contribution in [0, 0.1) is 0 Å². The summed E-state index contributed by atoms with van der Waals surface area (Å²) in [4.78, 5) is 39.2. The van der Waals surface area contributed by atoms with Crippen LogP contribution in [0.2, 0.25) is 0 Å². The van der Waals surface area contributed by atoms with Gasteiger partial charge in [-0.2, -0.15) is 0 Å². The smallest absolute Gasteiger partial charge is 0.325 e. The predicted molar refractivity (Wildman–Crippen MR) is 102 cm³/mol. The first-order valence-corrected chi connectivity index (χ1v) is 9.23. The van der Waals surface area contributed by atoms with Gasteiger partial charge in [-0.25, -0.2) is 4.98 Å². The second kappa shape index (κ2) is 13.3. The molecule has 162 valence electrons. The number of hydrogen-bond acceptors (Lipinski definition) is 9. The zero-order chi connectivity index (χ0) is 21.6. The summed E-state index contributed by atoms with van der Waals surface area (Å²) in [6, 6.07) is 1.48. The number of nitrogens with one attached hydrogen (secondary N) is 1. The molecule has 0 aliphatic rings. The normalized spacial score (nSPS) is 11.3. The van der Waals surface area contributed by atoms with Gasteiger partial charge in [0, 0.05) is 32.2 Å². The van der Waals surface area contributed by atoms with Gasteiger partial charge in [0.25, 0.3) is 5.91 Å². The van der Waals surface area contributed by atoms with Crippen LogP contribution in [0.3, 0.4) is 0 Å². The summed E-state index contributed by atoms with van der Waals surface area (Å²) in [6.07, 6.45) is 2.49. The van der Waals surface area contributed by atoms with E-state index in [-0.39, 0.29) is 29.8 Å². The summed E-state index contributed by atoms with van der Waals surface area (Å²) >= 11 is 0. The highest BCUT2D eigenvalue weighted by molar-refractivity contribution is 5.97. The fraction of sp³-hybridized carbons (Fsp3) is 0.579. The van der Waals surface area contributed by atoms with Crippen LogP contribution in [0.25, 0.3) is 0 Å². The third-order valence-electron chi connectivity index (χ3n) is 3.51. The first-order valence-electron chi connectivity index (χ1n) is 9.23. The summed E-state index contributed by atoms with van der Waals surface area (Å²) < 4.78 is 25.7. The number of nitrogens with zero attached hydrogens (tertiary/aromatic N) is 1. The molecule has 0 fully saturated rings. The Kier molecular flexibility index (Phi) is 11.1. The first kappa shape index (κ1) is 24.2. The van der Waals surface area contributed by atoms with Crippen molar-refractivity contribution in [2.75, 3.05) is 33.7 Å². The molecule has 1 amide bonds. The average Bonchev–Trinajstić information content (AvgIpc) is 2.69. The molecular formula is C19H28N2O8. The molecule has 1 atom stereocenters. The van der Waals surface area contributed by atoms with E-state index in [0.717, 1.165) is 6.42 Å². The molecule has 0 aliphatic heterocycles. The summed E-state index contributed by atoms with van der Waals surface area (Å²) in [5, 5.41) is 2.42. The van der Waals surface area contributed by atoms with Crippen molar-refractivity contribution < 1.29 is 38.1 Å². The number of esters is 2. The van der Waals surface area contributed by atoms with E-state index < -0.39 is 24.6 Å². The molecule has 10 nitrogen and oxygen atoms in total. The molecule has 1 heterocycles. The van der Waals surface area contributed by atoms with Crippen molar-refractivity contribution in [2.45, 2.75) is 39.7 Å². The van der Waals surface area contributed by atoms with Gasteiger partial charge in [-0.1, -0.05) is 6.92 Å². The highest BCUT2D eigenvalue weighted by atomic mass is 16.7. The van der Waals surface area contributed by atoms with Crippen LogP contribution in [-0.2, 0) is 23.8 Å². The second-order valence-corrected chi connectivity index (χ2v) is 5.97. The molecule has 10 heteroatoms. The molecule has 0 aromatic carbocycles. The van der Waals surface area contributed by atoms with Crippen LogP contribution in [0.4, 0.5) is 0 Å². The lowest BCUT2D eigenvalue weighted by atomic mass is 10.3. The van der Waals surface area contributed by atoms with Gasteiger partial charge >= 0.3 is 11.9 Å². The minimum Gasteiger partial charge on any atom is -0.493 e. The maximum Gasteiger partial charge on any atom is 0.325 e. The quantitative estimate of drug-likeness (QED) is 0.291. The molecule has 1 N–H and O–H groups in total. The van der Waals surface area contributed by atoms with E-state index in [1.165, 1.54) is 26.3 Å². The largest absolute Gasteiger partial charge is 0.493 e. The number of carbonyl (C=O) groups is 3. The Morgan fingerprint density at radius 2 is 2.00 bits per heavy atom. The van der Waals surface area contributed by atoms with Gasteiger partial charge in [-0.15, -0.1) is 0 Å². The maximum atomic E-state index is 12.4. The lowest BCUT2D eigenvalue weighted by molar-refractivity contribution is -0.148. The molecule has 0 saturated heterocycles. The first-order chi connectivity index (χ1) is 13.9. The Labute approximate surface area is 169 Å². The van der Waals surface area contributed by atoms with Crippen LogP contribution < -0.4 is 14.8 Å². The molecular weight excluding hydrogens is 384 g/mol. The predicted octanol–water partition coefficient (Wildman–Crippen LogP) is 1.47. The van der Waals surface area contributed by atoms with E-state index in [1.807, 2.05) is 6.92 Å². The lowest BCUT2D eigenvalue weighted by Gasteiger charge is -2.15. The van der Waals surface area contributed by atoms with Gasteiger partial charge < -0.3 is 29.0 Å². The van der Waals surface area contributed by atoms with Crippen molar-refractivity contribution in [1.29, 1.82) is 0 Å². The van der Waals surface area contributed by atoms with Crippen LogP contribution >= 0.6 is 0 Å². The van der Waals surface area contributed by atoms with Crippen LogP contribution in [0.1, 0.15) is 44.1 Å². The molecule has 0 saturated carbocycles. The minimum atomic E-state index is -0.669. The molecule has 0 aliphatic carbocycles. The fourth-order valence-electron chi connectivity index (χ4n) is 2.12. The molecule has 1 aromatic rings. The van der Waals surface area contributed by atoms with Gasteiger partial charge in [0.05, 0.1) is 13.7 Å². The Hall–Kier alpha value is -2.88. The zero-order valence-electron chi connectivity index (χ0n) is 17.2. The number of methoxy groups -OCH3 is 1. The Morgan fingerprint density at radius 3 is 2.66 bits per heavy atom. The summed E-state index contributed by atoms with van der Waals surface area (Å²) in [5.41, 5.74) is -0.120. The molecule has 0 radical (unpaired) electrons. The van der Waals surface area contributed by atoms with Crippen LogP contribution in [0.15, 0.2) is 12.3 Å². The molecule has 0 spiro atoms. The van der Waals surface area contributed by atoms with Crippen LogP contribution in [0.5, 0.6) is 11.5 Å². The van der Waals surface area contributed by atoms with Crippen molar-refractivity contribution in [3.8, 4) is 11.5 Å². The van der Waals surface area contributed by atoms with Crippen molar-refractivity contribution in [2.24, 2.45) is 0 Å². The third-order valence-corrected chi connectivity index (χ3v) is 3.51. The van der Waals surface area contributed by atoms with Gasteiger partial charge in [0.1, 0.15) is 12.6 Å². The number of pyridine rings is 1. The third kappa shape index (κ3) is 9.24. The van der Waals surface area contributed by atoms with Crippen molar-refractivity contribution >= 4 is 17.8 Å². The summed E-state index contributed by atoms with van der Waals surface area (Å²) in [7, 11) is 1.39. The monoisotopic (exact) mass is 412 g/mol. The van der Waals surface area contributed by atoms with Gasteiger partial charge in [-0.05, 0) is 13.3 Å². The summed E-state index contributed by atoms with van der Waals surface area (Å²) in [5.74, 6) is -1.59. The Balaban J connectivity index is 2.60. The van der Waals surface area contributed by atoms with E-state index in [2.05, 4.69) is 10.3 Å². The van der Waals surface area contributed by atoms with E-state index in [9.17, 15) is 14.4 Å². The van der Waals surface area contributed by atoms with Crippen molar-refractivity contribution in [1.82, 2.24) is 10.3 Å². The van der Waals surface area contributed by atoms with Gasteiger partial charge in [0.15, 0.2) is 17.2 Å². The molecule has 1 rings (SSSR count). The average molecular weight is 412 g/mol. The Bertz CT molecular complexity index is 680. The van der Waals surface area contributed by atoms with E-state index in [0.29, 0.717) is 19.6 Å².